The van der Waals surface area contributed by atoms with Crippen LogP contribution in [0.1, 0.15) is 17.2 Å². The van der Waals surface area contributed by atoms with Crippen molar-refractivity contribution in [3.63, 3.8) is 0 Å². The van der Waals surface area contributed by atoms with Crippen LogP contribution in [0.25, 0.3) is 0 Å². The largest absolute Gasteiger partial charge is 0.327 e. The summed E-state index contributed by atoms with van der Waals surface area (Å²) in [5.41, 5.74) is 2.45. The lowest BCUT2D eigenvalue weighted by molar-refractivity contribution is 0.487. The molecule has 0 bridgehead atoms. The smallest absolute Gasteiger partial charge is 0.312 e. The van der Waals surface area contributed by atoms with Gasteiger partial charge in [0.05, 0.1) is 6.04 Å². The first-order valence-corrected chi connectivity index (χ1v) is 6.07. The van der Waals surface area contributed by atoms with E-state index < -0.39 is 0 Å². The Balaban J connectivity index is 2.25. The second kappa shape index (κ2) is 5.23. The number of rotatable bonds is 4. The Kier molecular flexibility index (Phi) is 3.67. The van der Waals surface area contributed by atoms with E-state index in [1.807, 2.05) is 19.3 Å². The Morgan fingerprint density at radius 3 is 2.67 bits per heavy atom. The Hall–Kier alpha value is -1.81. The van der Waals surface area contributed by atoms with Crippen LogP contribution in [0.2, 0.25) is 0 Å². The zero-order valence-electron chi connectivity index (χ0n) is 11.1. The summed E-state index contributed by atoms with van der Waals surface area (Å²) in [6, 6.07) is 8.50. The van der Waals surface area contributed by atoms with Gasteiger partial charge >= 0.3 is 5.69 Å². The van der Waals surface area contributed by atoms with Crippen molar-refractivity contribution < 1.29 is 0 Å². The second-order valence-electron chi connectivity index (χ2n) is 4.60. The highest BCUT2D eigenvalue weighted by atomic mass is 16.1. The first kappa shape index (κ1) is 12.6. The molecule has 1 atom stereocenters. The molecule has 18 heavy (non-hydrogen) atoms. The molecule has 1 unspecified atom stereocenters. The van der Waals surface area contributed by atoms with E-state index in [-0.39, 0.29) is 11.7 Å². The fourth-order valence-corrected chi connectivity index (χ4v) is 2.10. The number of imidazole rings is 1. The van der Waals surface area contributed by atoms with Gasteiger partial charge in [0.25, 0.3) is 0 Å². The number of aromatic nitrogens is 2. The van der Waals surface area contributed by atoms with Crippen LogP contribution >= 0.6 is 0 Å². The number of aryl methyl sites for hydroxylation is 2. The summed E-state index contributed by atoms with van der Waals surface area (Å²) in [4.78, 5) is 11.8. The van der Waals surface area contributed by atoms with E-state index in [9.17, 15) is 4.79 Å². The highest BCUT2D eigenvalue weighted by Crippen LogP contribution is 2.15. The van der Waals surface area contributed by atoms with Crippen molar-refractivity contribution in [2.45, 2.75) is 19.5 Å². The average Bonchev–Trinajstić information content (AvgIpc) is 2.67. The van der Waals surface area contributed by atoms with Gasteiger partial charge in [0.15, 0.2) is 0 Å². The molecular weight excluding hydrogens is 226 g/mol. The summed E-state index contributed by atoms with van der Waals surface area (Å²) < 4.78 is 3.31. The molecule has 0 aliphatic heterocycles. The molecule has 2 aromatic rings. The van der Waals surface area contributed by atoms with Crippen molar-refractivity contribution in [2.24, 2.45) is 7.05 Å². The average molecular weight is 245 g/mol. The van der Waals surface area contributed by atoms with Crippen LogP contribution in [0.5, 0.6) is 0 Å². The number of likely N-dealkylation sites (N-methyl/N-ethyl adjacent to an activating group) is 1. The summed E-state index contributed by atoms with van der Waals surface area (Å²) in [5, 5.41) is 3.26. The van der Waals surface area contributed by atoms with Gasteiger partial charge in [-0.05, 0) is 19.5 Å². The Bertz CT molecular complexity index is 583. The quantitative estimate of drug-likeness (QED) is 0.885. The first-order chi connectivity index (χ1) is 8.61. The normalized spacial score (nSPS) is 12.6. The van der Waals surface area contributed by atoms with Crippen molar-refractivity contribution in [2.75, 3.05) is 7.05 Å². The highest BCUT2D eigenvalue weighted by Gasteiger charge is 2.11. The molecule has 0 aliphatic rings. The van der Waals surface area contributed by atoms with Crippen LogP contribution in [-0.2, 0) is 13.6 Å². The third-order valence-corrected chi connectivity index (χ3v) is 3.19. The van der Waals surface area contributed by atoms with Crippen molar-refractivity contribution >= 4 is 0 Å². The predicted octanol–water partition coefficient (Wildman–Crippen LogP) is 1.46. The molecule has 2 rings (SSSR count). The van der Waals surface area contributed by atoms with Gasteiger partial charge in [-0.15, -0.1) is 0 Å². The van der Waals surface area contributed by atoms with Crippen LogP contribution in [-0.4, -0.2) is 16.2 Å². The van der Waals surface area contributed by atoms with E-state index in [0.29, 0.717) is 6.54 Å². The maximum absolute atomic E-state index is 11.8. The molecule has 1 aromatic heterocycles. The minimum Gasteiger partial charge on any atom is -0.312 e. The van der Waals surface area contributed by atoms with E-state index in [0.717, 1.165) is 0 Å². The van der Waals surface area contributed by atoms with Crippen molar-refractivity contribution in [1.82, 2.24) is 14.5 Å². The van der Waals surface area contributed by atoms with Gasteiger partial charge < -0.3 is 9.88 Å². The molecule has 1 aromatic carbocycles. The molecular formula is C14H19N3O. The minimum atomic E-state index is 0.0166. The summed E-state index contributed by atoms with van der Waals surface area (Å²) in [6.45, 7) is 2.71. The molecule has 0 fully saturated rings. The number of hydrogen-bond donors (Lipinski definition) is 1. The second-order valence-corrected chi connectivity index (χ2v) is 4.60. The van der Waals surface area contributed by atoms with Gasteiger partial charge in [0.1, 0.15) is 0 Å². The monoisotopic (exact) mass is 245 g/mol. The van der Waals surface area contributed by atoms with Crippen molar-refractivity contribution in [3.05, 3.63) is 58.3 Å². The number of benzene rings is 1. The van der Waals surface area contributed by atoms with Crippen LogP contribution in [0.15, 0.2) is 41.5 Å². The molecule has 4 nitrogen and oxygen atoms in total. The molecule has 0 radical (unpaired) electrons. The van der Waals surface area contributed by atoms with E-state index in [1.54, 1.807) is 22.4 Å². The van der Waals surface area contributed by atoms with Gasteiger partial charge in [-0.3, -0.25) is 4.57 Å². The van der Waals surface area contributed by atoms with Gasteiger partial charge in [-0.1, -0.05) is 29.8 Å². The lowest BCUT2D eigenvalue weighted by atomic mass is 10.0. The molecule has 96 valence electrons. The standard InChI is InChI=1S/C14H19N3O/c1-11-5-4-6-12(9-11)13(15-2)10-17-8-7-16(3)14(17)18/h4-9,13,15H,10H2,1-3H3. The number of nitrogens with zero attached hydrogens (tertiary/aromatic N) is 2. The summed E-state index contributed by atoms with van der Waals surface area (Å²) in [5.74, 6) is 0. The van der Waals surface area contributed by atoms with Gasteiger partial charge in [0.2, 0.25) is 0 Å². The van der Waals surface area contributed by atoms with E-state index in [4.69, 9.17) is 0 Å². The third-order valence-electron chi connectivity index (χ3n) is 3.19. The van der Waals surface area contributed by atoms with Crippen molar-refractivity contribution in [1.29, 1.82) is 0 Å². The topological polar surface area (TPSA) is 39.0 Å². The first-order valence-electron chi connectivity index (χ1n) is 6.07. The predicted molar refractivity (Wildman–Crippen MR) is 72.7 cm³/mol. The van der Waals surface area contributed by atoms with Gasteiger partial charge in [0, 0.05) is 26.0 Å². The highest BCUT2D eigenvalue weighted by molar-refractivity contribution is 5.25. The van der Waals surface area contributed by atoms with E-state index in [1.165, 1.54) is 11.1 Å². The van der Waals surface area contributed by atoms with Gasteiger partial charge in [-0.2, -0.15) is 0 Å². The zero-order valence-corrected chi connectivity index (χ0v) is 11.1. The van der Waals surface area contributed by atoms with Crippen LogP contribution in [0.4, 0.5) is 0 Å². The molecule has 0 saturated heterocycles. The van der Waals surface area contributed by atoms with Crippen LogP contribution in [0.3, 0.4) is 0 Å². The molecule has 1 heterocycles. The third kappa shape index (κ3) is 2.54. The molecule has 4 heteroatoms. The van der Waals surface area contributed by atoms with Crippen LogP contribution in [0, 0.1) is 6.92 Å². The Morgan fingerprint density at radius 1 is 1.33 bits per heavy atom. The maximum Gasteiger partial charge on any atom is 0.327 e. The Labute approximate surface area is 107 Å². The van der Waals surface area contributed by atoms with Gasteiger partial charge in [-0.25, -0.2) is 4.79 Å². The lowest BCUT2D eigenvalue weighted by Crippen LogP contribution is -2.29. The fourth-order valence-electron chi connectivity index (χ4n) is 2.10. The number of hydrogen-bond acceptors (Lipinski definition) is 2. The number of nitrogens with one attached hydrogen (secondary N) is 1. The molecule has 0 spiro atoms. The molecule has 0 aliphatic carbocycles. The van der Waals surface area contributed by atoms with Crippen LogP contribution < -0.4 is 11.0 Å². The lowest BCUT2D eigenvalue weighted by Gasteiger charge is -2.17. The minimum absolute atomic E-state index is 0.0166. The fraction of sp³-hybridized carbons (Fsp3) is 0.357. The summed E-state index contributed by atoms with van der Waals surface area (Å²) in [7, 11) is 3.68. The van der Waals surface area contributed by atoms with E-state index >= 15 is 0 Å². The Morgan fingerprint density at radius 2 is 2.11 bits per heavy atom. The molecule has 0 saturated carbocycles. The maximum atomic E-state index is 11.8. The SMILES string of the molecule is CNC(Cn1ccn(C)c1=O)c1cccc(C)c1. The zero-order chi connectivity index (χ0) is 13.1. The summed E-state index contributed by atoms with van der Waals surface area (Å²) >= 11 is 0. The van der Waals surface area contributed by atoms with E-state index in [2.05, 4.69) is 30.4 Å². The summed E-state index contributed by atoms with van der Waals surface area (Å²) in [6.07, 6.45) is 3.60. The molecule has 1 N–H and O–H groups in total. The molecule has 0 amide bonds. The van der Waals surface area contributed by atoms with Crippen molar-refractivity contribution in [3.8, 4) is 0 Å².